The van der Waals surface area contributed by atoms with E-state index in [1.165, 1.54) is 0 Å². The molecule has 2 rings (SSSR count). The Morgan fingerprint density at radius 3 is 2.57 bits per heavy atom. The molecule has 0 spiro atoms. The van der Waals surface area contributed by atoms with Gasteiger partial charge in [-0.2, -0.15) is 0 Å². The molecule has 1 amide bonds. The third-order valence-corrected chi connectivity index (χ3v) is 4.28. The summed E-state index contributed by atoms with van der Waals surface area (Å²) in [6.45, 7) is 1.98. The number of amides is 1. The molecular weight excluding hydrogens is 352 g/mol. The molecule has 0 radical (unpaired) electrons. The van der Waals surface area contributed by atoms with Gasteiger partial charge in [-0.15, -0.1) is 0 Å². The molecule has 0 fully saturated rings. The van der Waals surface area contributed by atoms with E-state index in [9.17, 15) is 4.79 Å². The number of hydrogen-bond donors (Lipinski definition) is 1. The molecule has 3 nitrogen and oxygen atoms in total. The first-order valence-electron chi connectivity index (χ1n) is 6.43. The lowest BCUT2D eigenvalue weighted by Gasteiger charge is -2.19. The van der Waals surface area contributed by atoms with Gasteiger partial charge in [0, 0.05) is 24.1 Å². The Balaban J connectivity index is 2.31. The maximum absolute atomic E-state index is 12.4. The number of benzene rings is 2. The number of para-hydroxylation sites is 1. The highest BCUT2D eigenvalue weighted by atomic mass is 79.9. The number of rotatable bonds is 3. The molecule has 2 aromatic rings. The standard InChI is InChI=1S/C16H16BrClN2O/c1-10-7-8-11(9-12(10)17)16(21)19-14-6-4-5-13(18)15(14)20(2)3/h4-9H,1-3H3,(H,19,21). The second-order valence-electron chi connectivity index (χ2n) is 4.95. The van der Waals surface area contributed by atoms with Crippen LogP contribution in [0.3, 0.4) is 0 Å². The second-order valence-corrected chi connectivity index (χ2v) is 6.21. The zero-order chi connectivity index (χ0) is 15.6. The van der Waals surface area contributed by atoms with Gasteiger partial charge in [-0.1, -0.05) is 39.7 Å². The Kier molecular flexibility index (Phi) is 4.91. The van der Waals surface area contributed by atoms with E-state index in [0.717, 1.165) is 15.7 Å². The third-order valence-electron chi connectivity index (χ3n) is 3.12. The number of nitrogens with zero attached hydrogens (tertiary/aromatic N) is 1. The first-order valence-corrected chi connectivity index (χ1v) is 7.60. The van der Waals surface area contributed by atoms with E-state index in [1.54, 1.807) is 12.1 Å². The van der Waals surface area contributed by atoms with Gasteiger partial charge in [0.25, 0.3) is 5.91 Å². The molecule has 110 valence electrons. The highest BCUT2D eigenvalue weighted by Gasteiger charge is 2.13. The van der Waals surface area contributed by atoms with Crippen LogP contribution in [-0.2, 0) is 0 Å². The van der Waals surface area contributed by atoms with Gasteiger partial charge >= 0.3 is 0 Å². The van der Waals surface area contributed by atoms with Gasteiger partial charge in [0.1, 0.15) is 0 Å². The SMILES string of the molecule is Cc1ccc(C(=O)Nc2cccc(Cl)c2N(C)C)cc1Br. The Hall–Kier alpha value is -1.52. The summed E-state index contributed by atoms with van der Waals surface area (Å²) in [5, 5.41) is 3.51. The summed E-state index contributed by atoms with van der Waals surface area (Å²) < 4.78 is 0.911. The van der Waals surface area contributed by atoms with Crippen molar-refractivity contribution >= 4 is 44.8 Å². The van der Waals surface area contributed by atoms with Crippen LogP contribution in [0.15, 0.2) is 40.9 Å². The highest BCUT2D eigenvalue weighted by Crippen LogP contribution is 2.32. The lowest BCUT2D eigenvalue weighted by molar-refractivity contribution is 0.102. The molecule has 21 heavy (non-hydrogen) atoms. The van der Waals surface area contributed by atoms with Crippen LogP contribution in [0.1, 0.15) is 15.9 Å². The Morgan fingerprint density at radius 1 is 1.24 bits per heavy atom. The highest BCUT2D eigenvalue weighted by molar-refractivity contribution is 9.10. The number of aryl methyl sites for hydroxylation is 1. The van der Waals surface area contributed by atoms with Gasteiger partial charge in [0.15, 0.2) is 0 Å². The summed E-state index contributed by atoms with van der Waals surface area (Å²) in [5.74, 6) is -0.166. The van der Waals surface area contributed by atoms with Crippen LogP contribution >= 0.6 is 27.5 Å². The molecule has 0 aliphatic heterocycles. The van der Waals surface area contributed by atoms with E-state index in [0.29, 0.717) is 16.3 Å². The number of nitrogens with one attached hydrogen (secondary N) is 1. The van der Waals surface area contributed by atoms with Crippen LogP contribution < -0.4 is 10.2 Å². The molecule has 5 heteroatoms. The van der Waals surface area contributed by atoms with Crippen LogP contribution in [-0.4, -0.2) is 20.0 Å². The minimum absolute atomic E-state index is 0.166. The fraction of sp³-hybridized carbons (Fsp3) is 0.188. The average Bonchev–Trinajstić information content (AvgIpc) is 2.41. The Bertz CT molecular complexity index is 686. The number of carbonyl (C=O) groups is 1. The van der Waals surface area contributed by atoms with Gasteiger partial charge in [0.2, 0.25) is 0 Å². The van der Waals surface area contributed by atoms with Crippen molar-refractivity contribution in [1.82, 2.24) is 0 Å². The summed E-state index contributed by atoms with van der Waals surface area (Å²) in [5.41, 5.74) is 3.16. The monoisotopic (exact) mass is 366 g/mol. The van der Waals surface area contributed by atoms with Gasteiger partial charge in [-0.3, -0.25) is 4.79 Å². The maximum atomic E-state index is 12.4. The summed E-state index contributed by atoms with van der Waals surface area (Å²) >= 11 is 9.64. The molecule has 0 bridgehead atoms. The summed E-state index contributed by atoms with van der Waals surface area (Å²) in [6.07, 6.45) is 0. The number of carbonyl (C=O) groups excluding carboxylic acids is 1. The van der Waals surface area contributed by atoms with Crippen molar-refractivity contribution in [3.8, 4) is 0 Å². The van der Waals surface area contributed by atoms with Gasteiger partial charge in [-0.05, 0) is 36.8 Å². The number of hydrogen-bond acceptors (Lipinski definition) is 2. The van der Waals surface area contributed by atoms with Crippen molar-refractivity contribution in [3.05, 3.63) is 57.0 Å². The summed E-state index contributed by atoms with van der Waals surface area (Å²) in [4.78, 5) is 14.2. The lowest BCUT2D eigenvalue weighted by atomic mass is 10.1. The second kappa shape index (κ2) is 6.50. The van der Waals surface area contributed by atoms with Crippen molar-refractivity contribution in [2.24, 2.45) is 0 Å². The van der Waals surface area contributed by atoms with Crippen molar-refractivity contribution in [2.75, 3.05) is 24.3 Å². The normalized spacial score (nSPS) is 10.3. The molecule has 2 aromatic carbocycles. The molecule has 0 heterocycles. The maximum Gasteiger partial charge on any atom is 0.255 e. The Labute approximate surface area is 138 Å². The van der Waals surface area contributed by atoms with Crippen LogP contribution in [0.5, 0.6) is 0 Å². The fourth-order valence-corrected chi connectivity index (χ4v) is 2.72. The van der Waals surface area contributed by atoms with E-state index < -0.39 is 0 Å². The molecular formula is C16H16BrClN2O. The zero-order valence-electron chi connectivity index (χ0n) is 12.1. The largest absolute Gasteiger partial charge is 0.375 e. The van der Waals surface area contributed by atoms with E-state index in [4.69, 9.17) is 11.6 Å². The molecule has 1 N–H and O–H groups in total. The van der Waals surface area contributed by atoms with Crippen LogP contribution in [0.25, 0.3) is 0 Å². The molecule has 0 aliphatic carbocycles. The zero-order valence-corrected chi connectivity index (χ0v) is 14.4. The smallest absolute Gasteiger partial charge is 0.255 e. The van der Waals surface area contributed by atoms with Crippen molar-refractivity contribution in [2.45, 2.75) is 6.92 Å². The molecule has 0 saturated carbocycles. The number of halogens is 2. The van der Waals surface area contributed by atoms with Crippen LogP contribution in [0.2, 0.25) is 5.02 Å². The predicted molar refractivity (Wildman–Crippen MR) is 92.6 cm³/mol. The molecule has 0 saturated heterocycles. The molecule has 0 unspecified atom stereocenters. The van der Waals surface area contributed by atoms with Gasteiger partial charge in [-0.25, -0.2) is 0 Å². The van der Waals surface area contributed by atoms with Crippen molar-refractivity contribution in [1.29, 1.82) is 0 Å². The summed E-state index contributed by atoms with van der Waals surface area (Å²) in [7, 11) is 3.78. The van der Waals surface area contributed by atoms with E-state index in [-0.39, 0.29) is 5.91 Å². The summed E-state index contributed by atoms with van der Waals surface area (Å²) in [6, 6.07) is 11.0. The minimum Gasteiger partial charge on any atom is -0.375 e. The van der Waals surface area contributed by atoms with E-state index >= 15 is 0 Å². The van der Waals surface area contributed by atoms with Crippen molar-refractivity contribution < 1.29 is 4.79 Å². The molecule has 0 atom stereocenters. The fourth-order valence-electron chi connectivity index (χ4n) is 2.00. The van der Waals surface area contributed by atoms with Crippen molar-refractivity contribution in [3.63, 3.8) is 0 Å². The molecule has 0 aliphatic rings. The van der Waals surface area contributed by atoms with E-state index in [1.807, 2.05) is 50.2 Å². The first-order chi connectivity index (χ1) is 9.90. The van der Waals surface area contributed by atoms with Crippen LogP contribution in [0, 0.1) is 6.92 Å². The topological polar surface area (TPSA) is 32.3 Å². The predicted octanol–water partition coefficient (Wildman–Crippen LogP) is 4.73. The molecule has 0 aromatic heterocycles. The van der Waals surface area contributed by atoms with Crippen LogP contribution in [0.4, 0.5) is 11.4 Å². The Morgan fingerprint density at radius 2 is 1.95 bits per heavy atom. The average molecular weight is 368 g/mol. The van der Waals surface area contributed by atoms with E-state index in [2.05, 4.69) is 21.2 Å². The third kappa shape index (κ3) is 3.57. The quantitative estimate of drug-likeness (QED) is 0.850. The number of anilines is 2. The van der Waals surface area contributed by atoms with Gasteiger partial charge in [0.05, 0.1) is 16.4 Å². The first kappa shape index (κ1) is 15.9. The lowest BCUT2D eigenvalue weighted by Crippen LogP contribution is -2.17. The van der Waals surface area contributed by atoms with Gasteiger partial charge < -0.3 is 10.2 Å². The minimum atomic E-state index is -0.166.